The van der Waals surface area contributed by atoms with Crippen LogP contribution in [0.1, 0.15) is 28.4 Å². The van der Waals surface area contributed by atoms with Gasteiger partial charge < -0.3 is 10.0 Å². The Morgan fingerprint density at radius 1 is 1.14 bits per heavy atom. The summed E-state index contributed by atoms with van der Waals surface area (Å²) in [5, 5.41) is 9.73. The monoisotopic (exact) mass is 303 g/mol. The number of carbonyl (C=O) groups is 1. The van der Waals surface area contributed by atoms with Crippen LogP contribution in [0.15, 0.2) is 54.6 Å². The maximum atomic E-state index is 12.6. The van der Waals surface area contributed by atoms with E-state index in [9.17, 15) is 9.90 Å². The summed E-state index contributed by atoms with van der Waals surface area (Å²) in [6.07, 6.45) is 0.483. The highest BCUT2D eigenvalue weighted by Gasteiger charge is 2.23. The summed E-state index contributed by atoms with van der Waals surface area (Å²) in [5.74, 6) is -0.150. The molecule has 0 aromatic heterocycles. The molecule has 1 unspecified atom stereocenters. The van der Waals surface area contributed by atoms with Gasteiger partial charge in [0.2, 0.25) is 0 Å². The lowest BCUT2D eigenvalue weighted by Crippen LogP contribution is -2.32. The van der Waals surface area contributed by atoms with Gasteiger partial charge in [0.15, 0.2) is 0 Å². The summed E-state index contributed by atoms with van der Waals surface area (Å²) >= 11 is 6.09. The van der Waals surface area contributed by atoms with Crippen LogP contribution in [0.25, 0.3) is 0 Å². The van der Waals surface area contributed by atoms with Gasteiger partial charge in [0.05, 0.1) is 16.6 Å². The van der Waals surface area contributed by atoms with Gasteiger partial charge in [0.25, 0.3) is 5.91 Å². The maximum Gasteiger partial charge on any atom is 0.255 e. The minimum absolute atomic E-state index is 0.0136. The molecule has 2 rings (SSSR count). The summed E-state index contributed by atoms with van der Waals surface area (Å²) in [6.45, 7) is 0.0136. The second-order valence-corrected chi connectivity index (χ2v) is 5.24. The predicted molar refractivity (Wildman–Crippen MR) is 84.4 cm³/mol. The van der Waals surface area contributed by atoms with E-state index in [1.807, 2.05) is 30.3 Å². The zero-order valence-electron chi connectivity index (χ0n) is 11.9. The third kappa shape index (κ3) is 3.63. The number of carbonyl (C=O) groups excluding carboxylic acids is 1. The molecule has 0 radical (unpaired) electrons. The van der Waals surface area contributed by atoms with Gasteiger partial charge in [0, 0.05) is 13.7 Å². The molecule has 0 saturated carbocycles. The Hall–Kier alpha value is -1.84. The summed E-state index contributed by atoms with van der Waals surface area (Å²) in [7, 11) is 1.74. The highest BCUT2D eigenvalue weighted by atomic mass is 35.5. The normalized spacial score (nSPS) is 12.0. The quantitative estimate of drug-likeness (QED) is 0.918. The molecule has 1 N–H and O–H groups in total. The van der Waals surface area contributed by atoms with E-state index in [-0.39, 0.29) is 18.6 Å². The fourth-order valence-corrected chi connectivity index (χ4v) is 2.56. The van der Waals surface area contributed by atoms with E-state index < -0.39 is 0 Å². The van der Waals surface area contributed by atoms with Crippen molar-refractivity contribution in [3.63, 3.8) is 0 Å². The molecular formula is C17H18ClNO2. The van der Waals surface area contributed by atoms with E-state index in [2.05, 4.69) is 0 Å². The van der Waals surface area contributed by atoms with Crippen LogP contribution in [-0.4, -0.2) is 29.6 Å². The average molecular weight is 304 g/mol. The molecule has 1 atom stereocenters. The molecule has 1 amide bonds. The van der Waals surface area contributed by atoms with Gasteiger partial charge in [-0.2, -0.15) is 0 Å². The van der Waals surface area contributed by atoms with Crippen LogP contribution < -0.4 is 0 Å². The van der Waals surface area contributed by atoms with E-state index in [1.165, 1.54) is 0 Å². The minimum Gasteiger partial charge on any atom is -0.396 e. The van der Waals surface area contributed by atoms with Crippen LogP contribution in [0, 0.1) is 0 Å². The molecule has 0 saturated heterocycles. The van der Waals surface area contributed by atoms with Gasteiger partial charge in [0.1, 0.15) is 0 Å². The highest BCUT2D eigenvalue weighted by molar-refractivity contribution is 6.33. The second kappa shape index (κ2) is 7.25. The van der Waals surface area contributed by atoms with Crippen molar-refractivity contribution in [2.75, 3.05) is 13.7 Å². The predicted octanol–water partition coefficient (Wildman–Crippen LogP) is 3.54. The van der Waals surface area contributed by atoms with Crippen LogP contribution in [0.2, 0.25) is 5.02 Å². The summed E-state index contributed by atoms with van der Waals surface area (Å²) in [5.41, 5.74) is 1.47. The fourth-order valence-electron chi connectivity index (χ4n) is 2.35. The minimum atomic E-state index is -0.181. The molecule has 21 heavy (non-hydrogen) atoms. The van der Waals surface area contributed by atoms with Gasteiger partial charge in [-0.3, -0.25) is 4.79 Å². The first-order chi connectivity index (χ1) is 10.1. The molecule has 0 fully saturated rings. The Bertz CT molecular complexity index is 601. The van der Waals surface area contributed by atoms with Crippen LogP contribution in [-0.2, 0) is 0 Å². The number of rotatable bonds is 5. The van der Waals surface area contributed by atoms with E-state index >= 15 is 0 Å². The molecule has 0 spiro atoms. The topological polar surface area (TPSA) is 40.5 Å². The van der Waals surface area contributed by atoms with Crippen molar-refractivity contribution in [3.8, 4) is 0 Å². The Kier molecular flexibility index (Phi) is 5.37. The van der Waals surface area contributed by atoms with Gasteiger partial charge >= 0.3 is 0 Å². The van der Waals surface area contributed by atoms with Crippen molar-refractivity contribution >= 4 is 17.5 Å². The standard InChI is InChI=1S/C17H18ClNO2/c1-19(17(21)14-9-5-6-10-15(14)18)16(11-12-20)13-7-3-2-4-8-13/h2-10,16,20H,11-12H2,1H3. The Balaban J connectivity index is 2.29. The zero-order chi connectivity index (χ0) is 15.2. The second-order valence-electron chi connectivity index (χ2n) is 4.83. The van der Waals surface area contributed by atoms with Crippen molar-refractivity contribution in [2.45, 2.75) is 12.5 Å². The third-order valence-electron chi connectivity index (χ3n) is 3.48. The van der Waals surface area contributed by atoms with Crippen LogP contribution >= 0.6 is 11.6 Å². The van der Waals surface area contributed by atoms with Crippen molar-refractivity contribution in [3.05, 3.63) is 70.7 Å². The molecule has 2 aromatic carbocycles. The Morgan fingerprint density at radius 3 is 2.38 bits per heavy atom. The molecule has 2 aromatic rings. The molecule has 0 aliphatic rings. The number of hydrogen-bond donors (Lipinski definition) is 1. The van der Waals surface area contributed by atoms with Crippen molar-refractivity contribution < 1.29 is 9.90 Å². The first-order valence-electron chi connectivity index (χ1n) is 6.82. The van der Waals surface area contributed by atoms with E-state index in [0.29, 0.717) is 17.0 Å². The van der Waals surface area contributed by atoms with E-state index in [4.69, 9.17) is 11.6 Å². The lowest BCUT2D eigenvalue weighted by atomic mass is 10.0. The SMILES string of the molecule is CN(C(=O)c1ccccc1Cl)C(CCO)c1ccccc1. The lowest BCUT2D eigenvalue weighted by molar-refractivity contribution is 0.0705. The van der Waals surface area contributed by atoms with Crippen molar-refractivity contribution in [1.82, 2.24) is 4.90 Å². The molecule has 3 nitrogen and oxygen atoms in total. The average Bonchev–Trinajstić information content (AvgIpc) is 2.52. The number of aliphatic hydroxyl groups is 1. The Labute approximate surface area is 129 Å². The number of aliphatic hydroxyl groups excluding tert-OH is 1. The fraction of sp³-hybridized carbons (Fsp3) is 0.235. The number of benzene rings is 2. The first kappa shape index (κ1) is 15.5. The summed E-state index contributed by atoms with van der Waals surface area (Å²) in [6, 6.07) is 16.5. The van der Waals surface area contributed by atoms with Crippen molar-refractivity contribution in [2.24, 2.45) is 0 Å². The highest BCUT2D eigenvalue weighted by Crippen LogP contribution is 2.26. The largest absolute Gasteiger partial charge is 0.396 e. The molecule has 110 valence electrons. The maximum absolute atomic E-state index is 12.6. The summed E-state index contributed by atoms with van der Waals surface area (Å²) in [4.78, 5) is 14.2. The molecule has 0 heterocycles. The zero-order valence-corrected chi connectivity index (χ0v) is 12.6. The summed E-state index contributed by atoms with van der Waals surface area (Å²) < 4.78 is 0. The van der Waals surface area contributed by atoms with Gasteiger partial charge in [-0.25, -0.2) is 0 Å². The van der Waals surface area contributed by atoms with E-state index in [0.717, 1.165) is 5.56 Å². The van der Waals surface area contributed by atoms with E-state index in [1.54, 1.807) is 36.2 Å². The lowest BCUT2D eigenvalue weighted by Gasteiger charge is -2.28. The number of halogens is 1. The van der Waals surface area contributed by atoms with Crippen LogP contribution in [0.5, 0.6) is 0 Å². The van der Waals surface area contributed by atoms with Crippen LogP contribution in [0.3, 0.4) is 0 Å². The molecule has 0 bridgehead atoms. The molecule has 0 aliphatic heterocycles. The molecular weight excluding hydrogens is 286 g/mol. The van der Waals surface area contributed by atoms with Gasteiger partial charge in [-0.1, -0.05) is 54.1 Å². The molecule has 0 aliphatic carbocycles. The van der Waals surface area contributed by atoms with Crippen LogP contribution in [0.4, 0.5) is 0 Å². The molecule has 4 heteroatoms. The Morgan fingerprint density at radius 2 is 1.76 bits per heavy atom. The van der Waals surface area contributed by atoms with Gasteiger partial charge in [-0.05, 0) is 24.1 Å². The first-order valence-corrected chi connectivity index (χ1v) is 7.20. The smallest absolute Gasteiger partial charge is 0.255 e. The van der Waals surface area contributed by atoms with Gasteiger partial charge in [-0.15, -0.1) is 0 Å². The number of amides is 1. The third-order valence-corrected chi connectivity index (χ3v) is 3.81. The number of hydrogen-bond acceptors (Lipinski definition) is 2. The van der Waals surface area contributed by atoms with Crippen molar-refractivity contribution in [1.29, 1.82) is 0 Å². The number of nitrogens with zero attached hydrogens (tertiary/aromatic N) is 1.